The van der Waals surface area contributed by atoms with Crippen LogP contribution < -0.4 is 5.32 Å². The average molecular weight is 405 g/mol. The molecule has 2 amide bonds. The van der Waals surface area contributed by atoms with Crippen molar-refractivity contribution in [2.24, 2.45) is 0 Å². The first-order valence-corrected chi connectivity index (χ1v) is 10.6. The number of carbonyl (C=O) groups excluding carboxylic acids is 2. The zero-order valence-corrected chi connectivity index (χ0v) is 17.5. The molecule has 6 nitrogen and oxygen atoms in total. The van der Waals surface area contributed by atoms with Gasteiger partial charge in [0, 0.05) is 25.9 Å². The minimum atomic E-state index is -0.317. The van der Waals surface area contributed by atoms with E-state index in [0.29, 0.717) is 6.54 Å². The number of likely N-dealkylation sites (tertiary alicyclic amines) is 1. The van der Waals surface area contributed by atoms with Crippen LogP contribution in [0.25, 0.3) is 11.0 Å². The molecule has 30 heavy (non-hydrogen) atoms. The van der Waals surface area contributed by atoms with Crippen LogP contribution in [0.3, 0.4) is 0 Å². The monoisotopic (exact) mass is 404 g/mol. The number of para-hydroxylation sites is 2. The number of hydrogen-bond acceptors (Lipinski definition) is 3. The zero-order chi connectivity index (χ0) is 21.1. The molecule has 2 aromatic carbocycles. The Hall–Kier alpha value is -3.15. The summed E-state index contributed by atoms with van der Waals surface area (Å²) in [5.74, 6) is 1.08. The van der Waals surface area contributed by atoms with Gasteiger partial charge in [-0.25, -0.2) is 4.98 Å². The summed E-state index contributed by atoms with van der Waals surface area (Å²) in [6.45, 7) is 4.91. The van der Waals surface area contributed by atoms with E-state index in [4.69, 9.17) is 4.98 Å². The molecule has 6 heteroatoms. The normalized spacial score (nSPS) is 17.7. The molecule has 1 saturated heterocycles. The Bertz CT molecular complexity index is 1010. The number of imidazole rings is 1. The van der Waals surface area contributed by atoms with Crippen LogP contribution in [-0.2, 0) is 9.59 Å². The molecule has 0 bridgehead atoms. The second kappa shape index (κ2) is 8.69. The molecule has 156 valence electrons. The van der Waals surface area contributed by atoms with Crippen LogP contribution in [0.5, 0.6) is 0 Å². The smallest absolute Gasteiger partial charge is 0.225 e. The summed E-state index contributed by atoms with van der Waals surface area (Å²) in [6, 6.07) is 15.7. The molecule has 2 N–H and O–H groups in total. The van der Waals surface area contributed by atoms with Gasteiger partial charge in [0.25, 0.3) is 0 Å². The number of H-pyrrole nitrogens is 1. The number of aromatic nitrogens is 2. The Kier molecular flexibility index (Phi) is 5.84. The van der Waals surface area contributed by atoms with Gasteiger partial charge in [0.2, 0.25) is 11.8 Å². The highest BCUT2D eigenvalue weighted by Crippen LogP contribution is 2.28. The van der Waals surface area contributed by atoms with E-state index in [-0.39, 0.29) is 30.2 Å². The minimum Gasteiger partial charge on any atom is -0.349 e. The number of fused-ring (bicyclic) bond motifs is 1. The molecule has 0 spiro atoms. The number of aromatic amines is 1. The summed E-state index contributed by atoms with van der Waals surface area (Å²) < 4.78 is 0. The van der Waals surface area contributed by atoms with E-state index in [1.165, 1.54) is 6.92 Å². The Morgan fingerprint density at radius 3 is 2.70 bits per heavy atom. The molecule has 4 rings (SSSR count). The van der Waals surface area contributed by atoms with Gasteiger partial charge in [0.15, 0.2) is 0 Å². The molecule has 2 atom stereocenters. The van der Waals surface area contributed by atoms with E-state index in [0.717, 1.165) is 47.4 Å². The van der Waals surface area contributed by atoms with Crippen molar-refractivity contribution in [3.05, 3.63) is 65.5 Å². The number of aryl methyl sites for hydroxylation is 1. The number of nitrogens with zero attached hydrogens (tertiary/aromatic N) is 2. The summed E-state index contributed by atoms with van der Waals surface area (Å²) in [5.41, 5.74) is 4.09. The molecule has 2 heterocycles. The SMILES string of the molecule is CC(=O)N[C@@H](CC(=O)N1CCC[C@H](c2nc3ccccc3[nH]2)C1)c1ccc(C)cc1. The second-order valence-electron chi connectivity index (χ2n) is 8.19. The molecule has 1 aromatic heterocycles. The molecular formula is C24H28N4O2. The first-order valence-electron chi connectivity index (χ1n) is 10.6. The first kappa shape index (κ1) is 20.1. The standard InChI is InChI=1S/C24H28N4O2/c1-16-9-11-18(12-10-16)22(25-17(2)29)14-23(30)28-13-5-6-19(15-28)24-26-20-7-3-4-8-21(20)27-24/h3-4,7-12,19,22H,5-6,13-15H2,1-2H3,(H,25,29)(H,26,27)/t19-,22-/m0/s1. The highest BCUT2D eigenvalue weighted by molar-refractivity contribution is 5.79. The van der Waals surface area contributed by atoms with Gasteiger partial charge in [-0.05, 0) is 37.5 Å². The number of nitrogens with one attached hydrogen (secondary N) is 2. The van der Waals surface area contributed by atoms with Crippen molar-refractivity contribution >= 4 is 22.8 Å². The Morgan fingerprint density at radius 1 is 1.20 bits per heavy atom. The fourth-order valence-corrected chi connectivity index (χ4v) is 4.19. The largest absolute Gasteiger partial charge is 0.349 e. The van der Waals surface area contributed by atoms with Gasteiger partial charge in [0.05, 0.1) is 23.5 Å². The lowest BCUT2D eigenvalue weighted by molar-refractivity contribution is -0.133. The third kappa shape index (κ3) is 4.53. The third-order valence-electron chi connectivity index (χ3n) is 5.80. The fraction of sp³-hybridized carbons (Fsp3) is 0.375. The van der Waals surface area contributed by atoms with E-state index >= 15 is 0 Å². The Balaban J connectivity index is 1.47. The second-order valence-corrected chi connectivity index (χ2v) is 8.19. The van der Waals surface area contributed by atoms with E-state index < -0.39 is 0 Å². The molecule has 1 fully saturated rings. The predicted molar refractivity (Wildman–Crippen MR) is 117 cm³/mol. The topological polar surface area (TPSA) is 78.1 Å². The van der Waals surface area contributed by atoms with Crippen LogP contribution in [0.1, 0.15) is 55.1 Å². The van der Waals surface area contributed by atoms with Gasteiger partial charge < -0.3 is 15.2 Å². The summed E-state index contributed by atoms with van der Waals surface area (Å²) >= 11 is 0. The van der Waals surface area contributed by atoms with E-state index in [2.05, 4.69) is 10.3 Å². The van der Waals surface area contributed by atoms with Crippen LogP contribution >= 0.6 is 0 Å². The lowest BCUT2D eigenvalue weighted by atomic mass is 9.96. The molecule has 0 aliphatic carbocycles. The molecule has 0 saturated carbocycles. The van der Waals surface area contributed by atoms with Crippen LogP contribution in [0.15, 0.2) is 48.5 Å². The van der Waals surface area contributed by atoms with Crippen LogP contribution in [0.2, 0.25) is 0 Å². The number of piperidine rings is 1. The van der Waals surface area contributed by atoms with Crippen LogP contribution in [0, 0.1) is 6.92 Å². The van der Waals surface area contributed by atoms with Gasteiger partial charge >= 0.3 is 0 Å². The van der Waals surface area contributed by atoms with Crippen molar-refractivity contribution < 1.29 is 9.59 Å². The van der Waals surface area contributed by atoms with Crippen LogP contribution in [-0.4, -0.2) is 39.8 Å². The van der Waals surface area contributed by atoms with Gasteiger partial charge in [-0.2, -0.15) is 0 Å². The van der Waals surface area contributed by atoms with Crippen molar-refractivity contribution in [2.45, 2.75) is 45.1 Å². The maximum absolute atomic E-state index is 13.1. The van der Waals surface area contributed by atoms with Crippen molar-refractivity contribution in [2.75, 3.05) is 13.1 Å². The summed E-state index contributed by atoms with van der Waals surface area (Å²) in [5, 5.41) is 2.94. The molecule has 1 aliphatic rings. The minimum absolute atomic E-state index is 0.0649. The first-order chi connectivity index (χ1) is 14.5. The predicted octanol–water partition coefficient (Wildman–Crippen LogP) is 3.84. The Labute approximate surface area is 176 Å². The summed E-state index contributed by atoms with van der Waals surface area (Å²) in [6.07, 6.45) is 2.22. The highest BCUT2D eigenvalue weighted by Gasteiger charge is 2.28. The zero-order valence-electron chi connectivity index (χ0n) is 17.5. The van der Waals surface area contributed by atoms with Gasteiger partial charge in [-0.15, -0.1) is 0 Å². The van der Waals surface area contributed by atoms with Gasteiger partial charge in [0.1, 0.15) is 5.82 Å². The number of amides is 2. The number of benzene rings is 2. The van der Waals surface area contributed by atoms with Crippen molar-refractivity contribution in [1.82, 2.24) is 20.2 Å². The number of hydrogen-bond donors (Lipinski definition) is 2. The lowest BCUT2D eigenvalue weighted by Crippen LogP contribution is -2.41. The van der Waals surface area contributed by atoms with Crippen molar-refractivity contribution in [3.63, 3.8) is 0 Å². The molecule has 1 aliphatic heterocycles. The van der Waals surface area contributed by atoms with Gasteiger partial charge in [-0.1, -0.05) is 42.0 Å². The highest BCUT2D eigenvalue weighted by atomic mass is 16.2. The summed E-state index contributed by atoms with van der Waals surface area (Å²) in [4.78, 5) is 34.9. The quantitative estimate of drug-likeness (QED) is 0.678. The van der Waals surface area contributed by atoms with Crippen LogP contribution in [0.4, 0.5) is 0 Å². The Morgan fingerprint density at radius 2 is 1.97 bits per heavy atom. The van der Waals surface area contributed by atoms with E-state index in [1.807, 2.05) is 60.4 Å². The average Bonchev–Trinajstić information content (AvgIpc) is 3.18. The van der Waals surface area contributed by atoms with Crippen molar-refractivity contribution in [3.8, 4) is 0 Å². The molecule has 0 unspecified atom stereocenters. The maximum Gasteiger partial charge on any atom is 0.225 e. The lowest BCUT2D eigenvalue weighted by Gasteiger charge is -2.33. The number of rotatable bonds is 5. The third-order valence-corrected chi connectivity index (χ3v) is 5.80. The van der Waals surface area contributed by atoms with Gasteiger partial charge in [-0.3, -0.25) is 9.59 Å². The van der Waals surface area contributed by atoms with E-state index in [1.54, 1.807) is 0 Å². The molecule has 3 aromatic rings. The molecular weight excluding hydrogens is 376 g/mol. The summed E-state index contributed by atoms with van der Waals surface area (Å²) in [7, 11) is 0. The van der Waals surface area contributed by atoms with Crippen molar-refractivity contribution in [1.29, 1.82) is 0 Å². The fourth-order valence-electron chi connectivity index (χ4n) is 4.19. The number of carbonyl (C=O) groups is 2. The maximum atomic E-state index is 13.1. The van der Waals surface area contributed by atoms with E-state index in [9.17, 15) is 9.59 Å². The molecule has 0 radical (unpaired) electrons.